The Kier molecular flexibility index (Phi) is 4.55. The molecule has 2 atom stereocenters. The number of methoxy groups -OCH3 is 1. The fourth-order valence-corrected chi connectivity index (χ4v) is 3.21. The van der Waals surface area contributed by atoms with E-state index in [2.05, 4.69) is 23.7 Å². The molecule has 102 valence electrons. The van der Waals surface area contributed by atoms with Crippen LogP contribution in [0.3, 0.4) is 0 Å². The summed E-state index contributed by atoms with van der Waals surface area (Å²) in [5.74, 6) is 0. The van der Waals surface area contributed by atoms with Crippen LogP contribution in [0.2, 0.25) is 0 Å². The standard InChI is InChI=1S/C12H21N3O2S/c1-8-5-15(6-9(2)17-8)12-14-10(7-16-3)11(4-13)18-12/h8-9H,4-7,13H2,1-3H3/t8-,9+. The SMILES string of the molecule is COCc1nc(N2C[C@@H](C)O[C@@H](C)C2)sc1CN. The third kappa shape index (κ3) is 3.00. The van der Waals surface area contributed by atoms with Crippen LogP contribution < -0.4 is 10.6 Å². The highest BCUT2D eigenvalue weighted by Gasteiger charge is 2.25. The Morgan fingerprint density at radius 1 is 1.44 bits per heavy atom. The summed E-state index contributed by atoms with van der Waals surface area (Å²) in [7, 11) is 1.68. The number of thiazole rings is 1. The summed E-state index contributed by atoms with van der Waals surface area (Å²) in [5, 5.41) is 1.03. The summed E-state index contributed by atoms with van der Waals surface area (Å²) in [4.78, 5) is 8.04. The molecule has 0 aromatic carbocycles. The van der Waals surface area contributed by atoms with E-state index in [1.165, 1.54) is 0 Å². The lowest BCUT2D eigenvalue weighted by atomic mass is 10.2. The summed E-state index contributed by atoms with van der Waals surface area (Å²) in [5.41, 5.74) is 6.71. The van der Waals surface area contributed by atoms with Gasteiger partial charge >= 0.3 is 0 Å². The number of morpholine rings is 1. The molecule has 0 radical (unpaired) electrons. The lowest BCUT2D eigenvalue weighted by Crippen LogP contribution is -2.45. The van der Waals surface area contributed by atoms with E-state index in [0.29, 0.717) is 13.2 Å². The van der Waals surface area contributed by atoms with Crippen molar-refractivity contribution in [1.82, 2.24) is 4.98 Å². The van der Waals surface area contributed by atoms with Gasteiger partial charge < -0.3 is 20.1 Å². The lowest BCUT2D eigenvalue weighted by molar-refractivity contribution is -0.00524. The first-order chi connectivity index (χ1) is 8.63. The van der Waals surface area contributed by atoms with Crippen LogP contribution in [0.1, 0.15) is 24.4 Å². The van der Waals surface area contributed by atoms with E-state index in [0.717, 1.165) is 28.8 Å². The largest absolute Gasteiger partial charge is 0.378 e. The van der Waals surface area contributed by atoms with Gasteiger partial charge in [-0.05, 0) is 13.8 Å². The van der Waals surface area contributed by atoms with Crippen molar-refractivity contribution in [1.29, 1.82) is 0 Å². The fourth-order valence-electron chi connectivity index (χ4n) is 2.25. The van der Waals surface area contributed by atoms with Crippen molar-refractivity contribution in [3.05, 3.63) is 10.6 Å². The van der Waals surface area contributed by atoms with E-state index in [4.69, 9.17) is 15.2 Å². The number of nitrogens with two attached hydrogens (primary N) is 1. The van der Waals surface area contributed by atoms with Gasteiger partial charge in [0.1, 0.15) is 0 Å². The normalized spacial score (nSPS) is 24.6. The van der Waals surface area contributed by atoms with Gasteiger partial charge in [0.2, 0.25) is 0 Å². The third-order valence-corrected chi connectivity index (χ3v) is 4.10. The summed E-state index contributed by atoms with van der Waals surface area (Å²) in [6.07, 6.45) is 0.481. The number of aromatic nitrogens is 1. The maximum Gasteiger partial charge on any atom is 0.186 e. The van der Waals surface area contributed by atoms with Crippen LogP contribution in [0.4, 0.5) is 5.13 Å². The summed E-state index contributed by atoms with van der Waals surface area (Å²) in [6.45, 7) is 7.00. The van der Waals surface area contributed by atoms with Crippen molar-refractivity contribution in [2.75, 3.05) is 25.1 Å². The minimum atomic E-state index is 0.241. The number of nitrogens with zero attached hydrogens (tertiary/aromatic N) is 2. The Labute approximate surface area is 112 Å². The van der Waals surface area contributed by atoms with Crippen molar-refractivity contribution in [2.24, 2.45) is 5.73 Å². The fraction of sp³-hybridized carbons (Fsp3) is 0.750. The smallest absolute Gasteiger partial charge is 0.186 e. The molecule has 1 saturated heterocycles. The molecule has 18 heavy (non-hydrogen) atoms. The number of ether oxygens (including phenoxy) is 2. The second kappa shape index (κ2) is 5.97. The zero-order valence-electron chi connectivity index (χ0n) is 11.2. The molecule has 6 heteroatoms. The van der Waals surface area contributed by atoms with Crippen molar-refractivity contribution >= 4 is 16.5 Å². The van der Waals surface area contributed by atoms with Gasteiger partial charge in [-0.15, -0.1) is 11.3 Å². The van der Waals surface area contributed by atoms with Crippen LogP contribution in [0, 0.1) is 0 Å². The molecular formula is C12H21N3O2S. The molecule has 0 amide bonds. The van der Waals surface area contributed by atoms with Gasteiger partial charge in [-0.3, -0.25) is 0 Å². The lowest BCUT2D eigenvalue weighted by Gasteiger charge is -2.35. The minimum Gasteiger partial charge on any atom is -0.378 e. The predicted octanol–water partition coefficient (Wildman–Crippen LogP) is 1.36. The van der Waals surface area contributed by atoms with Crippen LogP contribution in [-0.4, -0.2) is 37.4 Å². The van der Waals surface area contributed by atoms with Gasteiger partial charge in [0.25, 0.3) is 0 Å². The molecule has 1 aliphatic heterocycles. The summed E-state index contributed by atoms with van der Waals surface area (Å²) >= 11 is 1.66. The third-order valence-electron chi connectivity index (χ3n) is 2.92. The minimum absolute atomic E-state index is 0.241. The van der Waals surface area contributed by atoms with Gasteiger partial charge in [-0.1, -0.05) is 0 Å². The van der Waals surface area contributed by atoms with E-state index in [-0.39, 0.29) is 12.2 Å². The molecular weight excluding hydrogens is 250 g/mol. The average Bonchev–Trinajstić information content (AvgIpc) is 2.71. The first-order valence-corrected chi connectivity index (χ1v) is 7.03. The van der Waals surface area contributed by atoms with E-state index in [1.807, 2.05) is 0 Å². The number of hydrogen-bond acceptors (Lipinski definition) is 6. The highest BCUT2D eigenvalue weighted by atomic mass is 32.1. The zero-order chi connectivity index (χ0) is 13.1. The van der Waals surface area contributed by atoms with Crippen molar-refractivity contribution < 1.29 is 9.47 Å². The Bertz CT molecular complexity index is 387. The number of anilines is 1. The Hall–Kier alpha value is -0.690. The molecule has 5 nitrogen and oxygen atoms in total. The second-order valence-corrected chi connectivity index (χ2v) is 5.73. The van der Waals surface area contributed by atoms with Gasteiger partial charge in [-0.2, -0.15) is 0 Å². The number of hydrogen-bond donors (Lipinski definition) is 1. The molecule has 0 unspecified atom stereocenters. The zero-order valence-corrected chi connectivity index (χ0v) is 12.0. The van der Waals surface area contributed by atoms with Crippen LogP contribution in [0.15, 0.2) is 0 Å². The number of rotatable bonds is 4. The monoisotopic (exact) mass is 271 g/mol. The highest BCUT2D eigenvalue weighted by molar-refractivity contribution is 7.15. The molecule has 0 spiro atoms. The molecule has 1 aromatic heterocycles. The summed E-state index contributed by atoms with van der Waals surface area (Å²) in [6, 6.07) is 0. The van der Waals surface area contributed by atoms with Crippen molar-refractivity contribution in [2.45, 2.75) is 39.2 Å². The predicted molar refractivity (Wildman–Crippen MR) is 72.9 cm³/mol. The molecule has 1 aliphatic rings. The Balaban J connectivity index is 2.17. The highest BCUT2D eigenvalue weighted by Crippen LogP contribution is 2.28. The molecule has 1 fully saturated rings. The van der Waals surface area contributed by atoms with Crippen molar-refractivity contribution in [3.63, 3.8) is 0 Å². The van der Waals surface area contributed by atoms with Crippen LogP contribution in [-0.2, 0) is 22.6 Å². The van der Waals surface area contributed by atoms with Crippen LogP contribution >= 0.6 is 11.3 Å². The van der Waals surface area contributed by atoms with E-state index >= 15 is 0 Å². The first kappa shape index (κ1) is 13.7. The molecule has 0 bridgehead atoms. The molecule has 2 heterocycles. The molecule has 1 aromatic rings. The quantitative estimate of drug-likeness (QED) is 0.896. The Morgan fingerprint density at radius 3 is 2.67 bits per heavy atom. The van der Waals surface area contributed by atoms with Crippen molar-refractivity contribution in [3.8, 4) is 0 Å². The maximum atomic E-state index is 5.75. The van der Waals surface area contributed by atoms with Gasteiger partial charge in [0.15, 0.2) is 5.13 Å². The van der Waals surface area contributed by atoms with Crippen LogP contribution in [0.25, 0.3) is 0 Å². The molecule has 2 N–H and O–H groups in total. The van der Waals surface area contributed by atoms with E-state index < -0.39 is 0 Å². The second-order valence-electron chi connectivity index (χ2n) is 4.67. The summed E-state index contributed by atoms with van der Waals surface area (Å²) < 4.78 is 10.9. The topological polar surface area (TPSA) is 60.6 Å². The van der Waals surface area contributed by atoms with Gasteiger partial charge in [0.05, 0.1) is 24.5 Å². The van der Waals surface area contributed by atoms with E-state index in [1.54, 1.807) is 18.4 Å². The maximum absolute atomic E-state index is 5.75. The van der Waals surface area contributed by atoms with Gasteiger partial charge in [-0.25, -0.2) is 4.98 Å². The molecule has 0 saturated carbocycles. The average molecular weight is 271 g/mol. The molecule has 2 rings (SSSR count). The molecule has 0 aliphatic carbocycles. The van der Waals surface area contributed by atoms with Crippen LogP contribution in [0.5, 0.6) is 0 Å². The van der Waals surface area contributed by atoms with Gasteiger partial charge in [0, 0.05) is 31.6 Å². The van der Waals surface area contributed by atoms with E-state index in [9.17, 15) is 0 Å². The first-order valence-electron chi connectivity index (χ1n) is 6.22. The Morgan fingerprint density at radius 2 is 2.11 bits per heavy atom.